The van der Waals surface area contributed by atoms with Gasteiger partial charge in [-0.3, -0.25) is 14.5 Å². The number of amides is 2. The van der Waals surface area contributed by atoms with Crippen molar-refractivity contribution >= 4 is 40.3 Å². The number of hydrogen-bond acceptors (Lipinski definition) is 11. The molecule has 2 amide bonds. The van der Waals surface area contributed by atoms with Gasteiger partial charge in [0, 0.05) is 61.7 Å². The van der Waals surface area contributed by atoms with Crippen LogP contribution in [0.1, 0.15) is 61.4 Å². The lowest BCUT2D eigenvalue weighted by Gasteiger charge is -2.27. The number of nitrogen functional groups attached to an aromatic ring is 1. The van der Waals surface area contributed by atoms with E-state index in [-0.39, 0.29) is 17.9 Å². The fraction of sp³-hybridized carbons (Fsp3) is 0.395. The van der Waals surface area contributed by atoms with E-state index in [0.29, 0.717) is 37.8 Å². The van der Waals surface area contributed by atoms with Gasteiger partial charge in [-0.1, -0.05) is 40.6 Å². The summed E-state index contributed by atoms with van der Waals surface area (Å²) in [5.41, 5.74) is 15.8. The Bertz CT molecular complexity index is 2100. The fourth-order valence-corrected chi connectivity index (χ4v) is 7.75. The first-order valence-corrected chi connectivity index (χ1v) is 19.4. The zero-order valence-corrected chi connectivity index (χ0v) is 32.5. The SMILES string of the molecule is Cc1noc(C)c1-c1ccc(NC2CCOCC2)c(N)c1.Cc1noc(C)c1-c1ccc(NC2CCOCC2)c(NC(=O)C2CCC(=O)N2c2ccccc2)c1. The monoisotopic (exact) mass is 761 g/mol. The number of aryl methyl sites for hydroxylation is 4. The van der Waals surface area contributed by atoms with E-state index in [2.05, 4.69) is 32.3 Å². The number of ether oxygens (including phenoxy) is 2. The highest BCUT2D eigenvalue weighted by molar-refractivity contribution is 6.08. The molecule has 0 radical (unpaired) electrons. The fourth-order valence-electron chi connectivity index (χ4n) is 7.75. The highest BCUT2D eigenvalue weighted by Gasteiger charge is 2.37. The van der Waals surface area contributed by atoms with Gasteiger partial charge in [0.25, 0.3) is 0 Å². The molecule has 3 aromatic carbocycles. The predicted octanol–water partition coefficient (Wildman–Crippen LogP) is 7.81. The summed E-state index contributed by atoms with van der Waals surface area (Å²) in [6, 6.07) is 21.5. The first-order valence-electron chi connectivity index (χ1n) is 19.4. The number of nitrogens with two attached hydrogens (primary N) is 1. The van der Waals surface area contributed by atoms with Crippen LogP contribution < -0.4 is 26.6 Å². The summed E-state index contributed by atoms with van der Waals surface area (Å²) in [5, 5.41) is 18.3. The molecule has 3 aliphatic heterocycles. The van der Waals surface area contributed by atoms with Crippen LogP contribution >= 0.6 is 0 Å². The number of benzene rings is 3. The zero-order chi connectivity index (χ0) is 39.2. The molecule has 5 N–H and O–H groups in total. The molecular formula is C43H51N7O6. The van der Waals surface area contributed by atoms with Crippen LogP contribution in [0.15, 0.2) is 75.8 Å². The topological polar surface area (TPSA) is 170 Å². The summed E-state index contributed by atoms with van der Waals surface area (Å²) in [6.45, 7) is 10.7. The third-order valence-electron chi connectivity index (χ3n) is 10.7. The lowest BCUT2D eigenvalue weighted by atomic mass is 10.0. The maximum atomic E-state index is 13.5. The summed E-state index contributed by atoms with van der Waals surface area (Å²) in [6.07, 6.45) is 4.66. The van der Waals surface area contributed by atoms with Gasteiger partial charge in [0.05, 0.1) is 34.1 Å². The highest BCUT2D eigenvalue weighted by Crippen LogP contribution is 2.36. The zero-order valence-electron chi connectivity index (χ0n) is 32.5. The molecular weight excluding hydrogens is 711 g/mol. The highest BCUT2D eigenvalue weighted by atomic mass is 16.5. The minimum absolute atomic E-state index is 0.0404. The first kappa shape index (κ1) is 38.6. The van der Waals surface area contributed by atoms with Gasteiger partial charge in [0.2, 0.25) is 11.8 Å². The summed E-state index contributed by atoms with van der Waals surface area (Å²) in [7, 11) is 0. The molecule has 13 nitrogen and oxygen atoms in total. The molecule has 0 bridgehead atoms. The van der Waals surface area contributed by atoms with Crippen molar-refractivity contribution in [2.45, 2.75) is 84.3 Å². The van der Waals surface area contributed by atoms with Crippen LogP contribution in [0.25, 0.3) is 22.3 Å². The number of carbonyl (C=O) groups excluding carboxylic acids is 2. The maximum absolute atomic E-state index is 13.5. The Balaban J connectivity index is 0.000000195. The Morgan fingerprint density at radius 1 is 0.696 bits per heavy atom. The average molecular weight is 762 g/mol. The quantitative estimate of drug-likeness (QED) is 0.108. The van der Waals surface area contributed by atoms with Crippen LogP contribution in [0.2, 0.25) is 0 Å². The summed E-state index contributed by atoms with van der Waals surface area (Å²) in [4.78, 5) is 27.8. The van der Waals surface area contributed by atoms with Crippen LogP contribution in [0, 0.1) is 27.7 Å². The molecule has 5 heterocycles. The molecule has 3 aliphatic rings. The van der Waals surface area contributed by atoms with E-state index in [4.69, 9.17) is 24.3 Å². The number of carbonyl (C=O) groups is 2. The maximum Gasteiger partial charge on any atom is 0.247 e. The van der Waals surface area contributed by atoms with E-state index in [9.17, 15) is 9.59 Å². The van der Waals surface area contributed by atoms with Crippen molar-refractivity contribution in [3.63, 3.8) is 0 Å². The minimum Gasteiger partial charge on any atom is -0.397 e. The Morgan fingerprint density at radius 3 is 1.77 bits per heavy atom. The van der Waals surface area contributed by atoms with Gasteiger partial charge in [-0.15, -0.1) is 0 Å². The summed E-state index contributed by atoms with van der Waals surface area (Å²) < 4.78 is 21.5. The number of nitrogens with one attached hydrogen (secondary N) is 3. The average Bonchev–Trinajstić information content (AvgIpc) is 3.88. The number of aromatic nitrogens is 2. The Kier molecular flexibility index (Phi) is 12.0. The van der Waals surface area contributed by atoms with E-state index in [1.165, 1.54) is 0 Å². The molecule has 0 aliphatic carbocycles. The summed E-state index contributed by atoms with van der Waals surface area (Å²) in [5.74, 6) is 1.30. The molecule has 5 aromatic rings. The summed E-state index contributed by atoms with van der Waals surface area (Å²) >= 11 is 0. The molecule has 2 aromatic heterocycles. The predicted molar refractivity (Wildman–Crippen MR) is 218 cm³/mol. The van der Waals surface area contributed by atoms with Crippen LogP contribution in [0.3, 0.4) is 0 Å². The van der Waals surface area contributed by atoms with Crippen molar-refractivity contribution in [3.05, 3.63) is 89.6 Å². The van der Waals surface area contributed by atoms with E-state index < -0.39 is 6.04 Å². The van der Waals surface area contributed by atoms with Crippen LogP contribution in [0.5, 0.6) is 0 Å². The van der Waals surface area contributed by atoms with Crippen molar-refractivity contribution in [1.82, 2.24) is 10.3 Å². The number of rotatable bonds is 9. The van der Waals surface area contributed by atoms with Crippen LogP contribution in [-0.4, -0.2) is 66.7 Å². The van der Waals surface area contributed by atoms with Crippen LogP contribution in [0.4, 0.5) is 28.4 Å². The van der Waals surface area contributed by atoms with Crippen molar-refractivity contribution in [1.29, 1.82) is 0 Å². The van der Waals surface area contributed by atoms with E-state index in [1.807, 2.05) is 88.4 Å². The van der Waals surface area contributed by atoms with Gasteiger partial charge in [-0.2, -0.15) is 0 Å². The van der Waals surface area contributed by atoms with Crippen molar-refractivity contribution in [2.24, 2.45) is 0 Å². The minimum atomic E-state index is -0.566. The van der Waals surface area contributed by atoms with Gasteiger partial charge < -0.3 is 40.2 Å². The van der Waals surface area contributed by atoms with Crippen molar-refractivity contribution in [2.75, 3.05) is 53.0 Å². The second-order valence-corrected chi connectivity index (χ2v) is 14.7. The molecule has 13 heteroatoms. The molecule has 3 fully saturated rings. The molecule has 1 atom stereocenters. The molecule has 294 valence electrons. The lowest BCUT2D eigenvalue weighted by Crippen LogP contribution is -2.42. The largest absolute Gasteiger partial charge is 0.397 e. The third-order valence-corrected chi connectivity index (χ3v) is 10.7. The Hall–Kier alpha value is -5.66. The van der Waals surface area contributed by atoms with Crippen LogP contribution in [-0.2, 0) is 19.1 Å². The number of hydrogen-bond donors (Lipinski definition) is 4. The molecule has 0 saturated carbocycles. The second kappa shape index (κ2) is 17.4. The lowest BCUT2D eigenvalue weighted by molar-refractivity contribution is -0.120. The van der Waals surface area contributed by atoms with Gasteiger partial charge in [-0.05, 0) is 107 Å². The normalized spacial score (nSPS) is 17.7. The number of anilines is 5. The number of para-hydroxylation sites is 1. The molecule has 0 spiro atoms. The molecule has 8 rings (SSSR count). The second-order valence-electron chi connectivity index (χ2n) is 14.7. The van der Waals surface area contributed by atoms with E-state index in [1.54, 1.807) is 4.90 Å². The molecule has 56 heavy (non-hydrogen) atoms. The van der Waals surface area contributed by atoms with Gasteiger partial charge in [-0.25, -0.2) is 0 Å². The first-order chi connectivity index (χ1) is 27.2. The standard InChI is InChI=1S/C27H30N4O4.C16H21N3O2/c1-17-26(18(2)35-30-17)19-8-9-22(28-20-12-14-34-15-13-20)23(16-19)29-27(33)24-10-11-25(32)31(24)21-6-4-3-5-7-21;1-10-16(11(2)21-19-10)12-3-4-15(14(17)9-12)18-13-5-7-20-8-6-13/h3-9,16,20,24,28H,10-15H2,1-2H3,(H,29,33);3-4,9,13,18H,5-8,17H2,1-2H3. The van der Waals surface area contributed by atoms with E-state index >= 15 is 0 Å². The van der Waals surface area contributed by atoms with Gasteiger partial charge in [0.1, 0.15) is 17.6 Å². The van der Waals surface area contributed by atoms with Crippen molar-refractivity contribution in [3.8, 4) is 22.3 Å². The number of nitrogens with zero attached hydrogens (tertiary/aromatic N) is 3. The smallest absolute Gasteiger partial charge is 0.247 e. The Labute approximate surface area is 327 Å². The molecule has 1 unspecified atom stereocenters. The van der Waals surface area contributed by atoms with E-state index in [0.717, 1.165) is 107 Å². The van der Waals surface area contributed by atoms with Gasteiger partial charge >= 0.3 is 0 Å². The molecule has 3 saturated heterocycles. The van der Waals surface area contributed by atoms with Gasteiger partial charge in [0.15, 0.2) is 0 Å². The Morgan fingerprint density at radius 2 is 1.23 bits per heavy atom. The third kappa shape index (κ3) is 8.74. The van der Waals surface area contributed by atoms with Crippen molar-refractivity contribution < 1.29 is 28.1 Å².